The van der Waals surface area contributed by atoms with E-state index in [0.717, 1.165) is 19.2 Å². The summed E-state index contributed by atoms with van der Waals surface area (Å²) < 4.78 is 37.3. The van der Waals surface area contributed by atoms with E-state index in [2.05, 4.69) is 34.3 Å². The van der Waals surface area contributed by atoms with Crippen LogP contribution in [0.3, 0.4) is 0 Å². The number of alkyl halides is 3. The number of rotatable bonds is 2. The number of piperazine rings is 1. The van der Waals surface area contributed by atoms with Gasteiger partial charge < -0.3 is 5.32 Å². The summed E-state index contributed by atoms with van der Waals surface area (Å²) in [5.41, 5.74) is -0.351. The van der Waals surface area contributed by atoms with Gasteiger partial charge in [0.05, 0.1) is 0 Å². The van der Waals surface area contributed by atoms with Crippen LogP contribution in [0.15, 0.2) is 6.07 Å². The van der Waals surface area contributed by atoms with E-state index in [-0.39, 0.29) is 0 Å². The average molecular weight is 262 g/mol. The molecule has 0 spiro atoms. The zero-order valence-electron chi connectivity index (χ0n) is 10.4. The van der Waals surface area contributed by atoms with Crippen molar-refractivity contribution in [1.29, 1.82) is 0 Å². The first kappa shape index (κ1) is 13.4. The van der Waals surface area contributed by atoms with Gasteiger partial charge in [-0.3, -0.25) is 10.00 Å². The molecule has 1 aromatic heterocycles. The molecule has 2 heterocycles. The summed E-state index contributed by atoms with van der Waals surface area (Å²) in [4.78, 5) is 2.17. The molecule has 1 fully saturated rings. The summed E-state index contributed by atoms with van der Waals surface area (Å²) in [6.07, 6.45) is -4.38. The van der Waals surface area contributed by atoms with Crippen molar-refractivity contribution >= 4 is 0 Å². The van der Waals surface area contributed by atoms with Gasteiger partial charge in [-0.15, -0.1) is 0 Å². The van der Waals surface area contributed by atoms with Crippen LogP contribution in [0.4, 0.5) is 13.2 Å². The average Bonchev–Trinajstić information content (AvgIpc) is 2.72. The fourth-order valence-corrected chi connectivity index (χ4v) is 2.27. The minimum atomic E-state index is -4.38. The molecule has 0 unspecified atom stereocenters. The van der Waals surface area contributed by atoms with E-state index in [1.54, 1.807) is 0 Å². The van der Waals surface area contributed by atoms with Crippen molar-refractivity contribution < 1.29 is 13.2 Å². The molecule has 0 aromatic carbocycles. The fourth-order valence-electron chi connectivity index (χ4n) is 2.27. The SMILES string of the molecule is C[C@@H]1CNC[C@H](C)N1Cc1cc(C(F)(F)F)n[nH]1. The van der Waals surface area contributed by atoms with E-state index in [9.17, 15) is 13.2 Å². The smallest absolute Gasteiger partial charge is 0.314 e. The number of halogens is 3. The lowest BCUT2D eigenvalue weighted by Gasteiger charge is -2.39. The lowest BCUT2D eigenvalue weighted by Crippen LogP contribution is -2.54. The van der Waals surface area contributed by atoms with Crippen molar-refractivity contribution in [2.24, 2.45) is 0 Å². The highest BCUT2D eigenvalue weighted by Crippen LogP contribution is 2.28. The predicted octanol–water partition coefficient (Wildman–Crippen LogP) is 1.61. The van der Waals surface area contributed by atoms with Crippen LogP contribution in [0.25, 0.3) is 0 Å². The van der Waals surface area contributed by atoms with Gasteiger partial charge in [-0.25, -0.2) is 0 Å². The number of hydrogen-bond acceptors (Lipinski definition) is 3. The summed E-state index contributed by atoms with van der Waals surface area (Å²) in [7, 11) is 0. The molecule has 1 aliphatic heterocycles. The van der Waals surface area contributed by atoms with Gasteiger partial charge in [-0.2, -0.15) is 18.3 Å². The second kappa shape index (κ2) is 4.89. The van der Waals surface area contributed by atoms with Gasteiger partial charge in [0, 0.05) is 37.4 Å². The first-order valence-corrected chi connectivity index (χ1v) is 5.96. The Kier molecular flexibility index (Phi) is 3.63. The topological polar surface area (TPSA) is 44.0 Å². The zero-order chi connectivity index (χ0) is 13.3. The highest BCUT2D eigenvalue weighted by atomic mass is 19.4. The van der Waals surface area contributed by atoms with Crippen molar-refractivity contribution in [3.63, 3.8) is 0 Å². The molecule has 1 aromatic rings. The molecule has 0 amide bonds. The lowest BCUT2D eigenvalue weighted by molar-refractivity contribution is -0.141. The number of nitrogens with zero attached hydrogens (tertiary/aromatic N) is 2. The number of aromatic amines is 1. The van der Waals surface area contributed by atoms with Crippen LogP contribution in [0.1, 0.15) is 25.2 Å². The van der Waals surface area contributed by atoms with E-state index < -0.39 is 11.9 Å². The summed E-state index contributed by atoms with van der Waals surface area (Å²) in [6.45, 7) is 6.29. The van der Waals surface area contributed by atoms with Crippen molar-refractivity contribution in [3.8, 4) is 0 Å². The van der Waals surface area contributed by atoms with E-state index in [1.165, 1.54) is 0 Å². The number of nitrogens with one attached hydrogen (secondary N) is 2. The Morgan fingerprint density at radius 3 is 2.44 bits per heavy atom. The first-order valence-electron chi connectivity index (χ1n) is 5.96. The van der Waals surface area contributed by atoms with Crippen LogP contribution >= 0.6 is 0 Å². The van der Waals surface area contributed by atoms with Gasteiger partial charge in [-0.05, 0) is 19.9 Å². The molecule has 102 valence electrons. The van der Waals surface area contributed by atoms with Crippen LogP contribution in [-0.2, 0) is 12.7 Å². The number of hydrogen-bond donors (Lipinski definition) is 2. The standard InChI is InChI=1S/C11H17F3N4/c1-7-4-15-5-8(2)18(7)6-9-3-10(17-16-9)11(12,13)14/h3,7-8,15H,4-6H2,1-2H3,(H,16,17)/t7-,8+. The molecular formula is C11H17F3N4. The third-order valence-corrected chi connectivity index (χ3v) is 3.29. The highest BCUT2D eigenvalue weighted by molar-refractivity contribution is 5.12. The minimum absolute atomic E-state index is 0.298. The molecule has 0 bridgehead atoms. The molecule has 18 heavy (non-hydrogen) atoms. The second-order valence-corrected chi connectivity index (χ2v) is 4.80. The largest absolute Gasteiger partial charge is 0.435 e. The number of H-pyrrole nitrogens is 1. The lowest BCUT2D eigenvalue weighted by atomic mass is 10.1. The normalized spacial score (nSPS) is 26.5. The molecular weight excluding hydrogens is 245 g/mol. The molecule has 0 aliphatic carbocycles. The van der Waals surface area contributed by atoms with Gasteiger partial charge in [0.2, 0.25) is 0 Å². The van der Waals surface area contributed by atoms with E-state index in [0.29, 0.717) is 24.3 Å². The first-order chi connectivity index (χ1) is 8.38. The highest BCUT2D eigenvalue weighted by Gasteiger charge is 2.34. The Bertz CT molecular complexity index is 391. The Labute approximate surface area is 104 Å². The third kappa shape index (κ3) is 2.84. The Hall–Kier alpha value is -1.08. The molecule has 0 saturated carbocycles. The zero-order valence-corrected chi connectivity index (χ0v) is 10.4. The Morgan fingerprint density at radius 2 is 1.94 bits per heavy atom. The summed E-state index contributed by atoms with van der Waals surface area (Å²) in [6, 6.07) is 1.68. The van der Waals surface area contributed by atoms with E-state index in [4.69, 9.17) is 0 Å². The van der Waals surface area contributed by atoms with E-state index in [1.807, 2.05) is 0 Å². The molecule has 2 N–H and O–H groups in total. The van der Waals surface area contributed by atoms with Crippen LogP contribution in [0.2, 0.25) is 0 Å². The second-order valence-electron chi connectivity index (χ2n) is 4.80. The maximum absolute atomic E-state index is 12.4. The quantitative estimate of drug-likeness (QED) is 0.851. The molecule has 1 aliphatic rings. The molecule has 1 saturated heterocycles. The maximum Gasteiger partial charge on any atom is 0.435 e. The Morgan fingerprint density at radius 1 is 1.33 bits per heavy atom. The monoisotopic (exact) mass is 262 g/mol. The van der Waals surface area contributed by atoms with Crippen molar-refractivity contribution in [2.45, 2.75) is 38.7 Å². The molecule has 4 nitrogen and oxygen atoms in total. The summed E-state index contributed by atoms with van der Waals surface area (Å²) in [5, 5.41) is 9.06. The molecule has 2 rings (SSSR count). The van der Waals surface area contributed by atoms with Crippen LogP contribution in [-0.4, -0.2) is 40.3 Å². The minimum Gasteiger partial charge on any atom is -0.314 e. The summed E-state index contributed by atoms with van der Waals surface area (Å²) in [5.74, 6) is 0. The molecule has 2 atom stereocenters. The van der Waals surface area contributed by atoms with Gasteiger partial charge in [0.15, 0.2) is 5.69 Å². The summed E-state index contributed by atoms with van der Waals surface area (Å²) >= 11 is 0. The van der Waals surface area contributed by atoms with Crippen molar-refractivity contribution in [1.82, 2.24) is 20.4 Å². The van der Waals surface area contributed by atoms with Crippen LogP contribution < -0.4 is 5.32 Å². The van der Waals surface area contributed by atoms with Gasteiger partial charge >= 0.3 is 6.18 Å². The van der Waals surface area contributed by atoms with Crippen LogP contribution in [0.5, 0.6) is 0 Å². The predicted molar refractivity (Wildman–Crippen MR) is 60.9 cm³/mol. The van der Waals surface area contributed by atoms with Crippen molar-refractivity contribution in [3.05, 3.63) is 17.5 Å². The van der Waals surface area contributed by atoms with E-state index >= 15 is 0 Å². The number of aromatic nitrogens is 2. The van der Waals surface area contributed by atoms with Crippen molar-refractivity contribution in [2.75, 3.05) is 13.1 Å². The molecule has 7 heteroatoms. The Balaban J connectivity index is 2.06. The fraction of sp³-hybridized carbons (Fsp3) is 0.727. The van der Waals surface area contributed by atoms with Gasteiger partial charge in [0.25, 0.3) is 0 Å². The van der Waals surface area contributed by atoms with Gasteiger partial charge in [0.1, 0.15) is 0 Å². The molecule has 0 radical (unpaired) electrons. The third-order valence-electron chi connectivity index (χ3n) is 3.29. The van der Waals surface area contributed by atoms with Crippen LogP contribution in [0, 0.1) is 0 Å². The maximum atomic E-state index is 12.4. The van der Waals surface area contributed by atoms with Gasteiger partial charge in [-0.1, -0.05) is 0 Å².